The van der Waals surface area contributed by atoms with E-state index in [4.69, 9.17) is 4.74 Å². The normalized spacial score (nSPS) is 19.7. The number of fused-ring (bicyclic) bond motifs is 2. The van der Waals surface area contributed by atoms with Crippen molar-refractivity contribution < 1.29 is 14.3 Å². The van der Waals surface area contributed by atoms with Crippen LogP contribution in [0.2, 0.25) is 0 Å². The molecule has 2 heterocycles. The quantitative estimate of drug-likeness (QED) is 0.345. The first-order chi connectivity index (χ1) is 19.3. The maximum absolute atomic E-state index is 13.2. The molecule has 2 aromatic carbocycles. The molecule has 0 saturated heterocycles. The van der Waals surface area contributed by atoms with Gasteiger partial charge >= 0.3 is 0 Å². The molecule has 0 unspecified atom stereocenters. The number of Topliss-reactive ketones (excluding diaryl/α,β-unsaturated/α-hetero) is 1. The lowest BCUT2D eigenvalue weighted by molar-refractivity contribution is 0.0918. The fourth-order valence-electron chi connectivity index (χ4n) is 6.36. The number of rotatable bonds is 8. The molecule has 1 fully saturated rings. The molecule has 5 rings (SSSR count). The molecule has 1 aliphatic heterocycles. The van der Waals surface area contributed by atoms with Gasteiger partial charge in [0.15, 0.2) is 5.78 Å². The van der Waals surface area contributed by atoms with Gasteiger partial charge < -0.3 is 15.0 Å². The Morgan fingerprint density at radius 1 is 1.00 bits per heavy atom. The van der Waals surface area contributed by atoms with Crippen LogP contribution in [0.4, 0.5) is 0 Å². The summed E-state index contributed by atoms with van der Waals surface area (Å²) in [4.78, 5) is 32.9. The third kappa shape index (κ3) is 6.38. The summed E-state index contributed by atoms with van der Waals surface area (Å²) >= 11 is 0. The van der Waals surface area contributed by atoms with Gasteiger partial charge in [-0.2, -0.15) is 0 Å². The third-order valence-corrected chi connectivity index (χ3v) is 8.87. The molecule has 0 spiro atoms. The lowest BCUT2D eigenvalue weighted by Gasteiger charge is -2.31. The number of ether oxygens (including phenoxy) is 1. The van der Waals surface area contributed by atoms with Gasteiger partial charge in [0.2, 0.25) is 0 Å². The highest BCUT2D eigenvalue weighted by Gasteiger charge is 2.25. The Morgan fingerprint density at radius 2 is 1.75 bits per heavy atom. The summed E-state index contributed by atoms with van der Waals surface area (Å²) in [5.74, 6) is 1.65. The van der Waals surface area contributed by atoms with Crippen LogP contribution in [0.25, 0.3) is 10.9 Å². The summed E-state index contributed by atoms with van der Waals surface area (Å²) in [6.07, 6.45) is 7.65. The topological polar surface area (TPSA) is 71.5 Å². The van der Waals surface area contributed by atoms with Crippen LogP contribution >= 0.6 is 0 Å². The molecule has 1 amide bonds. The van der Waals surface area contributed by atoms with Crippen LogP contribution in [0.3, 0.4) is 0 Å². The van der Waals surface area contributed by atoms with E-state index in [0.717, 1.165) is 80.3 Å². The standard InChI is InChI=1S/C34H43N3O3/c1-22(2)33(38)27-9-8-25-16-19-37(20-17-26(25)21-27)18-15-24-6-10-28(11-7-24)36-34(39)30-13-14-31(40-4)32-29(30)12-5-23(3)35-32/h5,8-9,12-14,21-22,24,28H,6-7,10-11,15-20H2,1-4H3,(H,36,39)/t24-,28-. The van der Waals surface area contributed by atoms with E-state index in [1.807, 2.05) is 51.1 Å². The number of methoxy groups -OCH3 is 1. The number of carbonyl (C=O) groups excluding carboxylic acids is 2. The van der Waals surface area contributed by atoms with Gasteiger partial charge in [0.05, 0.1) is 7.11 Å². The Balaban J connectivity index is 1.10. The summed E-state index contributed by atoms with van der Waals surface area (Å²) in [5.41, 5.74) is 5.90. The van der Waals surface area contributed by atoms with Gasteiger partial charge in [-0.3, -0.25) is 9.59 Å². The number of aryl methyl sites for hydroxylation is 1. The fourth-order valence-corrected chi connectivity index (χ4v) is 6.36. The summed E-state index contributed by atoms with van der Waals surface area (Å²) in [6, 6.07) is 14.2. The molecule has 40 heavy (non-hydrogen) atoms. The summed E-state index contributed by atoms with van der Waals surface area (Å²) in [6.45, 7) is 9.15. The molecular formula is C34H43N3O3. The minimum Gasteiger partial charge on any atom is -0.494 e. The maximum atomic E-state index is 13.2. The smallest absolute Gasteiger partial charge is 0.252 e. The Hall–Kier alpha value is -3.25. The number of nitrogens with zero attached hydrogens (tertiary/aromatic N) is 2. The zero-order chi connectivity index (χ0) is 28.2. The average molecular weight is 542 g/mol. The van der Waals surface area contributed by atoms with Gasteiger partial charge in [-0.1, -0.05) is 32.0 Å². The predicted octanol–water partition coefficient (Wildman–Crippen LogP) is 6.17. The average Bonchev–Trinajstić information content (AvgIpc) is 3.17. The third-order valence-electron chi connectivity index (χ3n) is 8.87. The van der Waals surface area contributed by atoms with Crippen molar-refractivity contribution in [3.63, 3.8) is 0 Å². The van der Waals surface area contributed by atoms with Crippen LogP contribution in [0, 0.1) is 18.8 Å². The van der Waals surface area contributed by atoms with Crippen LogP contribution in [0.15, 0.2) is 42.5 Å². The van der Waals surface area contributed by atoms with E-state index >= 15 is 0 Å². The molecule has 0 radical (unpaired) electrons. The van der Waals surface area contributed by atoms with E-state index in [9.17, 15) is 9.59 Å². The zero-order valence-electron chi connectivity index (χ0n) is 24.5. The number of ketones is 1. The van der Waals surface area contributed by atoms with Crippen molar-refractivity contribution in [3.05, 3.63) is 70.4 Å². The molecule has 1 aromatic heterocycles. The molecule has 1 aliphatic carbocycles. The number of carbonyl (C=O) groups is 2. The fraction of sp³-hybridized carbons (Fsp3) is 0.500. The zero-order valence-corrected chi connectivity index (χ0v) is 24.5. The van der Waals surface area contributed by atoms with Crippen molar-refractivity contribution in [2.45, 2.75) is 71.8 Å². The second-order valence-corrected chi connectivity index (χ2v) is 12.0. The minimum absolute atomic E-state index is 0.0239. The number of hydrogen-bond acceptors (Lipinski definition) is 5. The highest BCUT2D eigenvalue weighted by atomic mass is 16.5. The molecule has 1 N–H and O–H groups in total. The Kier molecular flexibility index (Phi) is 8.84. The lowest BCUT2D eigenvalue weighted by atomic mass is 9.84. The highest BCUT2D eigenvalue weighted by Crippen LogP contribution is 2.30. The Labute approximate surface area is 238 Å². The number of aromatic nitrogens is 1. The first kappa shape index (κ1) is 28.3. The first-order valence-corrected chi connectivity index (χ1v) is 15.0. The predicted molar refractivity (Wildman–Crippen MR) is 160 cm³/mol. The number of benzene rings is 2. The molecule has 1 saturated carbocycles. The van der Waals surface area contributed by atoms with Crippen molar-refractivity contribution in [3.8, 4) is 5.75 Å². The monoisotopic (exact) mass is 541 g/mol. The van der Waals surface area contributed by atoms with Crippen molar-refractivity contribution in [2.75, 3.05) is 26.7 Å². The SMILES string of the molecule is COc1ccc(C(=O)N[C@H]2CC[C@H](CCN3CCc4ccc(C(=O)C(C)C)cc4CC3)CC2)c2ccc(C)nc12. The molecule has 0 bridgehead atoms. The molecule has 6 heteroatoms. The molecule has 6 nitrogen and oxygen atoms in total. The molecule has 212 valence electrons. The largest absolute Gasteiger partial charge is 0.494 e. The van der Waals surface area contributed by atoms with Gasteiger partial charge in [-0.15, -0.1) is 0 Å². The van der Waals surface area contributed by atoms with Crippen molar-refractivity contribution in [1.82, 2.24) is 15.2 Å². The summed E-state index contributed by atoms with van der Waals surface area (Å²) in [7, 11) is 1.63. The molecular weight excluding hydrogens is 498 g/mol. The van der Waals surface area contributed by atoms with Gasteiger partial charge in [0.1, 0.15) is 11.3 Å². The van der Waals surface area contributed by atoms with E-state index in [1.165, 1.54) is 17.5 Å². The van der Waals surface area contributed by atoms with E-state index in [1.54, 1.807) is 7.11 Å². The summed E-state index contributed by atoms with van der Waals surface area (Å²) < 4.78 is 5.48. The lowest BCUT2D eigenvalue weighted by Crippen LogP contribution is -2.38. The van der Waals surface area contributed by atoms with Crippen LogP contribution in [0.1, 0.15) is 83.5 Å². The van der Waals surface area contributed by atoms with E-state index in [0.29, 0.717) is 17.2 Å². The Morgan fingerprint density at radius 3 is 2.48 bits per heavy atom. The van der Waals surface area contributed by atoms with Crippen molar-refractivity contribution >= 4 is 22.6 Å². The van der Waals surface area contributed by atoms with Crippen LogP contribution in [0.5, 0.6) is 5.75 Å². The number of nitrogens with one attached hydrogen (secondary N) is 1. The Bertz CT molecular complexity index is 1370. The van der Waals surface area contributed by atoms with E-state index in [-0.39, 0.29) is 23.7 Å². The highest BCUT2D eigenvalue weighted by molar-refractivity contribution is 6.07. The first-order valence-electron chi connectivity index (χ1n) is 15.0. The number of amides is 1. The molecule has 2 aliphatic rings. The van der Waals surface area contributed by atoms with Crippen LogP contribution < -0.4 is 10.1 Å². The van der Waals surface area contributed by atoms with E-state index < -0.39 is 0 Å². The van der Waals surface area contributed by atoms with Crippen molar-refractivity contribution in [1.29, 1.82) is 0 Å². The van der Waals surface area contributed by atoms with Gasteiger partial charge in [-0.25, -0.2) is 4.98 Å². The van der Waals surface area contributed by atoms with Crippen molar-refractivity contribution in [2.24, 2.45) is 11.8 Å². The van der Waals surface area contributed by atoms with Crippen LogP contribution in [-0.4, -0.2) is 54.4 Å². The van der Waals surface area contributed by atoms with Gasteiger partial charge in [0.25, 0.3) is 5.91 Å². The molecule has 3 aromatic rings. The van der Waals surface area contributed by atoms with Gasteiger partial charge in [-0.05, 0) is 99.7 Å². The number of hydrogen-bond donors (Lipinski definition) is 1. The van der Waals surface area contributed by atoms with E-state index in [2.05, 4.69) is 27.3 Å². The van der Waals surface area contributed by atoms with Gasteiger partial charge in [0, 0.05) is 47.3 Å². The minimum atomic E-state index is -0.0239. The maximum Gasteiger partial charge on any atom is 0.252 e. The number of pyridine rings is 1. The second-order valence-electron chi connectivity index (χ2n) is 12.0. The second kappa shape index (κ2) is 12.5. The summed E-state index contributed by atoms with van der Waals surface area (Å²) in [5, 5.41) is 4.13. The van der Waals surface area contributed by atoms with Crippen LogP contribution in [-0.2, 0) is 12.8 Å². The molecule has 0 atom stereocenters.